The predicted octanol–water partition coefficient (Wildman–Crippen LogP) is 2.98. The highest BCUT2D eigenvalue weighted by Gasteiger charge is 2.11. The zero-order valence-electron chi connectivity index (χ0n) is 9.46. The predicted molar refractivity (Wildman–Crippen MR) is 67.2 cm³/mol. The Morgan fingerprint density at radius 3 is 2.60 bits per heavy atom. The molecule has 0 aliphatic carbocycles. The Labute approximate surface area is 99.9 Å². The first-order chi connectivity index (χ1) is 7.04. The van der Waals surface area contributed by atoms with E-state index in [9.17, 15) is 0 Å². The van der Waals surface area contributed by atoms with Gasteiger partial charge in [-0.3, -0.25) is 0 Å². The molecule has 0 saturated carbocycles. The molecule has 1 aromatic rings. The van der Waals surface area contributed by atoms with Gasteiger partial charge in [-0.05, 0) is 36.1 Å². The summed E-state index contributed by atoms with van der Waals surface area (Å²) in [5.41, 5.74) is 7.25. The number of methoxy groups -OCH3 is 1. The van der Waals surface area contributed by atoms with Crippen LogP contribution in [0.1, 0.15) is 19.4 Å². The van der Waals surface area contributed by atoms with Crippen LogP contribution in [0.5, 0.6) is 5.75 Å². The number of ether oxygens (including phenoxy) is 1. The molecule has 0 saturated heterocycles. The first-order valence-corrected chi connectivity index (χ1v) is 5.92. The molecule has 0 aliphatic rings. The lowest BCUT2D eigenvalue weighted by atomic mass is 9.97. The molecule has 0 spiro atoms. The molecule has 0 heterocycles. The minimum Gasteiger partial charge on any atom is -0.497 e. The number of halogens is 1. The van der Waals surface area contributed by atoms with Gasteiger partial charge in [0.05, 0.1) is 7.11 Å². The van der Waals surface area contributed by atoms with Crippen LogP contribution in [0.2, 0.25) is 0 Å². The van der Waals surface area contributed by atoms with Gasteiger partial charge in [-0.1, -0.05) is 29.8 Å². The summed E-state index contributed by atoms with van der Waals surface area (Å²) in [5.74, 6) is 1.37. The highest BCUT2D eigenvalue weighted by Crippen LogP contribution is 2.24. The van der Waals surface area contributed by atoms with Crippen molar-refractivity contribution in [1.82, 2.24) is 0 Å². The molecule has 1 unspecified atom stereocenters. The van der Waals surface area contributed by atoms with Gasteiger partial charge in [0.2, 0.25) is 0 Å². The lowest BCUT2D eigenvalue weighted by Crippen LogP contribution is -2.28. The van der Waals surface area contributed by atoms with E-state index in [4.69, 9.17) is 10.5 Å². The van der Waals surface area contributed by atoms with Crippen LogP contribution in [0.25, 0.3) is 0 Å². The van der Waals surface area contributed by atoms with Crippen LogP contribution in [0.3, 0.4) is 0 Å². The maximum Gasteiger partial charge on any atom is 0.119 e. The van der Waals surface area contributed by atoms with Gasteiger partial charge in [0.25, 0.3) is 0 Å². The smallest absolute Gasteiger partial charge is 0.119 e. The summed E-state index contributed by atoms with van der Waals surface area (Å²) < 4.78 is 6.29. The number of rotatable bonds is 4. The highest BCUT2D eigenvalue weighted by molar-refractivity contribution is 9.10. The molecule has 84 valence electrons. The minimum atomic E-state index is 0.188. The summed E-state index contributed by atoms with van der Waals surface area (Å²) in [6, 6.07) is 6.16. The van der Waals surface area contributed by atoms with Crippen molar-refractivity contribution in [2.24, 2.45) is 11.7 Å². The van der Waals surface area contributed by atoms with E-state index >= 15 is 0 Å². The van der Waals surface area contributed by atoms with Gasteiger partial charge in [-0.2, -0.15) is 0 Å². The van der Waals surface area contributed by atoms with Crippen molar-refractivity contribution >= 4 is 15.9 Å². The van der Waals surface area contributed by atoms with E-state index in [-0.39, 0.29) is 6.04 Å². The maximum atomic E-state index is 6.05. The van der Waals surface area contributed by atoms with Crippen molar-refractivity contribution in [3.63, 3.8) is 0 Å². The molecular formula is C12H18BrNO. The standard InChI is InChI=1S/C12H18BrNO/c1-8(2)12(14)7-9-6-10(15-3)4-5-11(9)13/h4-6,8,12H,7,14H2,1-3H3. The van der Waals surface area contributed by atoms with Crippen LogP contribution < -0.4 is 10.5 Å². The molecular weight excluding hydrogens is 254 g/mol. The Balaban J connectivity index is 2.83. The Kier molecular flexibility index (Phi) is 4.61. The Hall–Kier alpha value is -0.540. The van der Waals surface area contributed by atoms with E-state index in [0.717, 1.165) is 16.6 Å². The second-order valence-corrected chi connectivity index (χ2v) is 4.92. The minimum absolute atomic E-state index is 0.188. The zero-order chi connectivity index (χ0) is 11.4. The molecule has 0 radical (unpaired) electrons. The van der Waals surface area contributed by atoms with Crippen LogP contribution in [0.15, 0.2) is 22.7 Å². The van der Waals surface area contributed by atoms with Gasteiger partial charge in [0, 0.05) is 10.5 Å². The average Bonchev–Trinajstić information content (AvgIpc) is 2.21. The molecule has 0 bridgehead atoms. The molecule has 15 heavy (non-hydrogen) atoms. The van der Waals surface area contributed by atoms with Crippen molar-refractivity contribution in [1.29, 1.82) is 0 Å². The van der Waals surface area contributed by atoms with Gasteiger partial charge in [0.15, 0.2) is 0 Å². The summed E-state index contributed by atoms with van der Waals surface area (Å²) in [6.07, 6.45) is 0.870. The third-order valence-corrected chi connectivity index (χ3v) is 3.34. The number of hydrogen-bond donors (Lipinski definition) is 1. The molecule has 1 aromatic carbocycles. The summed E-state index contributed by atoms with van der Waals surface area (Å²) in [7, 11) is 1.68. The van der Waals surface area contributed by atoms with Crippen LogP contribution >= 0.6 is 15.9 Å². The first-order valence-electron chi connectivity index (χ1n) is 5.12. The summed E-state index contributed by atoms with van der Waals surface area (Å²) in [5, 5.41) is 0. The van der Waals surface area contributed by atoms with Crippen LogP contribution in [-0.2, 0) is 6.42 Å². The van der Waals surface area contributed by atoms with Crippen molar-refractivity contribution in [3.05, 3.63) is 28.2 Å². The Morgan fingerprint density at radius 1 is 1.40 bits per heavy atom. The second kappa shape index (κ2) is 5.52. The van der Waals surface area contributed by atoms with Crippen molar-refractivity contribution in [2.45, 2.75) is 26.3 Å². The van der Waals surface area contributed by atoms with Crippen LogP contribution in [0.4, 0.5) is 0 Å². The average molecular weight is 272 g/mol. The molecule has 1 rings (SSSR count). The lowest BCUT2D eigenvalue weighted by Gasteiger charge is -2.16. The topological polar surface area (TPSA) is 35.2 Å². The summed E-state index contributed by atoms with van der Waals surface area (Å²) >= 11 is 3.53. The van der Waals surface area contributed by atoms with Crippen molar-refractivity contribution in [3.8, 4) is 5.75 Å². The third-order valence-electron chi connectivity index (χ3n) is 2.56. The molecule has 2 nitrogen and oxygen atoms in total. The quantitative estimate of drug-likeness (QED) is 0.914. The number of hydrogen-bond acceptors (Lipinski definition) is 2. The van der Waals surface area contributed by atoms with E-state index < -0.39 is 0 Å². The van der Waals surface area contributed by atoms with Crippen LogP contribution in [0, 0.1) is 5.92 Å². The number of benzene rings is 1. The SMILES string of the molecule is COc1ccc(Br)c(CC(N)C(C)C)c1. The fourth-order valence-electron chi connectivity index (χ4n) is 1.32. The molecule has 2 N–H and O–H groups in total. The lowest BCUT2D eigenvalue weighted by molar-refractivity contribution is 0.413. The molecule has 1 atom stereocenters. The van der Waals surface area contributed by atoms with Gasteiger partial charge in [0.1, 0.15) is 5.75 Å². The molecule has 0 aromatic heterocycles. The summed E-state index contributed by atoms with van der Waals surface area (Å²) in [4.78, 5) is 0. The van der Waals surface area contributed by atoms with Crippen molar-refractivity contribution in [2.75, 3.05) is 7.11 Å². The number of nitrogens with two attached hydrogens (primary N) is 1. The summed E-state index contributed by atoms with van der Waals surface area (Å²) in [6.45, 7) is 4.28. The normalized spacial score (nSPS) is 12.9. The zero-order valence-corrected chi connectivity index (χ0v) is 11.0. The largest absolute Gasteiger partial charge is 0.497 e. The molecule has 0 fully saturated rings. The highest BCUT2D eigenvalue weighted by atomic mass is 79.9. The van der Waals surface area contributed by atoms with Crippen molar-refractivity contribution < 1.29 is 4.74 Å². The molecule has 0 aliphatic heterocycles. The third kappa shape index (κ3) is 3.50. The van der Waals surface area contributed by atoms with Gasteiger partial charge in [-0.15, -0.1) is 0 Å². The van der Waals surface area contributed by atoms with Crippen LogP contribution in [-0.4, -0.2) is 13.2 Å². The fourth-order valence-corrected chi connectivity index (χ4v) is 1.73. The Morgan fingerprint density at radius 2 is 2.07 bits per heavy atom. The van der Waals surface area contributed by atoms with E-state index in [0.29, 0.717) is 5.92 Å². The Bertz CT molecular complexity index is 325. The van der Waals surface area contributed by atoms with Gasteiger partial charge < -0.3 is 10.5 Å². The van der Waals surface area contributed by atoms with E-state index in [1.807, 2.05) is 18.2 Å². The van der Waals surface area contributed by atoms with E-state index in [2.05, 4.69) is 29.8 Å². The van der Waals surface area contributed by atoms with Gasteiger partial charge in [-0.25, -0.2) is 0 Å². The van der Waals surface area contributed by atoms with E-state index in [1.165, 1.54) is 5.56 Å². The van der Waals surface area contributed by atoms with Gasteiger partial charge >= 0.3 is 0 Å². The fraction of sp³-hybridized carbons (Fsp3) is 0.500. The molecule has 0 amide bonds. The molecule has 3 heteroatoms. The van der Waals surface area contributed by atoms with E-state index in [1.54, 1.807) is 7.11 Å². The maximum absolute atomic E-state index is 6.05. The monoisotopic (exact) mass is 271 g/mol. The first kappa shape index (κ1) is 12.5. The second-order valence-electron chi connectivity index (χ2n) is 4.07.